The molecule has 4 aromatic rings. The quantitative estimate of drug-likeness (QED) is 0.336. The number of amides is 2. The van der Waals surface area contributed by atoms with Crippen molar-refractivity contribution in [1.82, 2.24) is 20.2 Å². The van der Waals surface area contributed by atoms with Gasteiger partial charge in [0.25, 0.3) is 5.91 Å². The van der Waals surface area contributed by atoms with Gasteiger partial charge in [0.1, 0.15) is 18.4 Å². The molecule has 1 atom stereocenters. The van der Waals surface area contributed by atoms with Crippen LogP contribution in [0.3, 0.4) is 0 Å². The van der Waals surface area contributed by atoms with Crippen LogP contribution in [0, 0.1) is 0 Å². The fourth-order valence-electron chi connectivity index (χ4n) is 3.75. The van der Waals surface area contributed by atoms with Gasteiger partial charge < -0.3 is 20.8 Å². The second-order valence-electron chi connectivity index (χ2n) is 7.68. The number of aromatic amines is 1. The number of anilines is 1. The van der Waals surface area contributed by atoms with Crippen LogP contribution in [-0.2, 0) is 11.8 Å². The monoisotopic (exact) mass is 479 g/mol. The van der Waals surface area contributed by atoms with E-state index in [0.717, 1.165) is 16.8 Å². The minimum Gasteiger partial charge on any atom is -0.491 e. The number of hydrogen-bond acceptors (Lipinski definition) is 6. The van der Waals surface area contributed by atoms with Gasteiger partial charge in [-0.15, -0.1) is 12.4 Å². The zero-order valence-electron chi connectivity index (χ0n) is 18.1. The van der Waals surface area contributed by atoms with Crippen LogP contribution < -0.4 is 21.2 Å². The van der Waals surface area contributed by atoms with Crippen molar-refractivity contribution in [1.29, 1.82) is 0 Å². The van der Waals surface area contributed by atoms with Crippen LogP contribution in [-0.4, -0.2) is 45.4 Å². The lowest BCUT2D eigenvalue weighted by molar-refractivity contribution is -0.118. The highest BCUT2D eigenvalue weighted by atomic mass is 35.5. The third kappa shape index (κ3) is 4.36. The number of halogens is 1. The van der Waals surface area contributed by atoms with Gasteiger partial charge in [0.15, 0.2) is 0 Å². The number of H-pyrrole nitrogens is 1. The lowest BCUT2D eigenvalue weighted by Gasteiger charge is -2.14. The minimum atomic E-state index is -0.901. The number of para-hydroxylation sites is 1. The lowest BCUT2D eigenvalue weighted by atomic mass is 10.0. The lowest BCUT2D eigenvalue weighted by Crippen LogP contribution is -2.40. The average Bonchev–Trinajstić information content (AvgIpc) is 3.36. The summed E-state index contributed by atoms with van der Waals surface area (Å²) in [5.41, 5.74) is 12.4. The van der Waals surface area contributed by atoms with Gasteiger partial charge in [-0.3, -0.25) is 14.3 Å². The maximum atomic E-state index is 12.7. The molecule has 2 aromatic carbocycles. The summed E-state index contributed by atoms with van der Waals surface area (Å²) < 4.78 is 7.26. The van der Waals surface area contributed by atoms with Gasteiger partial charge >= 0.3 is 0 Å². The molecule has 0 radical (unpaired) electrons. The average molecular weight is 480 g/mol. The van der Waals surface area contributed by atoms with Gasteiger partial charge in [0.2, 0.25) is 5.91 Å². The number of carbonyl (C=O) groups is 2. The number of hydrogen-bond donors (Lipinski definition) is 4. The van der Waals surface area contributed by atoms with E-state index in [1.165, 1.54) is 0 Å². The van der Waals surface area contributed by atoms with Crippen LogP contribution in [0.1, 0.15) is 15.9 Å². The molecule has 0 saturated carbocycles. The van der Waals surface area contributed by atoms with Gasteiger partial charge in [0, 0.05) is 41.0 Å². The molecule has 0 aliphatic carbocycles. The number of hydrazone groups is 1. The fourth-order valence-corrected chi connectivity index (χ4v) is 3.75. The largest absolute Gasteiger partial charge is 0.491 e. The summed E-state index contributed by atoms with van der Waals surface area (Å²) in [6.07, 6.45) is 5.19. The van der Waals surface area contributed by atoms with Gasteiger partial charge in [-0.05, 0) is 24.3 Å². The minimum absolute atomic E-state index is 0. The Labute approximate surface area is 200 Å². The molecule has 5 N–H and O–H groups in total. The molecule has 1 aliphatic heterocycles. The number of nitrogens with zero attached hydrogens (tertiary/aromatic N) is 3. The molecular weight excluding hydrogens is 458 g/mol. The van der Waals surface area contributed by atoms with Crippen molar-refractivity contribution in [3.8, 4) is 17.0 Å². The Kier molecular flexibility index (Phi) is 6.35. The molecule has 2 aromatic heterocycles. The molecule has 174 valence electrons. The van der Waals surface area contributed by atoms with E-state index in [0.29, 0.717) is 27.9 Å². The number of nitrogens with two attached hydrogens (primary N) is 1. The summed E-state index contributed by atoms with van der Waals surface area (Å²) in [6, 6.07) is 11.6. The normalized spacial score (nSPS) is 13.1. The first-order chi connectivity index (χ1) is 16.0. The summed E-state index contributed by atoms with van der Waals surface area (Å²) >= 11 is 0. The maximum absolute atomic E-state index is 12.7. The second-order valence-corrected chi connectivity index (χ2v) is 7.68. The van der Waals surface area contributed by atoms with Crippen molar-refractivity contribution >= 4 is 47.0 Å². The van der Waals surface area contributed by atoms with E-state index >= 15 is 0 Å². The van der Waals surface area contributed by atoms with Gasteiger partial charge in [-0.1, -0.05) is 18.2 Å². The molecule has 11 heteroatoms. The third-order valence-corrected chi connectivity index (χ3v) is 5.31. The number of benzene rings is 2. The van der Waals surface area contributed by atoms with Crippen LogP contribution in [0.4, 0.5) is 5.69 Å². The molecule has 0 fully saturated rings. The summed E-state index contributed by atoms with van der Waals surface area (Å²) in [5, 5.41) is 11.7. The number of nitrogens with one attached hydrogen (secondary N) is 3. The van der Waals surface area contributed by atoms with E-state index < -0.39 is 11.9 Å². The van der Waals surface area contributed by atoms with Crippen molar-refractivity contribution in [2.75, 3.05) is 11.9 Å². The highest BCUT2D eigenvalue weighted by molar-refractivity contribution is 6.18. The number of aryl methyl sites for hydroxylation is 1. The molecule has 0 spiro atoms. The summed E-state index contributed by atoms with van der Waals surface area (Å²) in [5.74, 6) is -0.178. The van der Waals surface area contributed by atoms with Gasteiger partial charge in [-0.25, -0.2) is 5.43 Å². The van der Waals surface area contributed by atoms with E-state index in [2.05, 4.69) is 25.9 Å². The molecule has 34 heavy (non-hydrogen) atoms. The van der Waals surface area contributed by atoms with E-state index in [1.807, 2.05) is 31.4 Å². The summed E-state index contributed by atoms with van der Waals surface area (Å²) in [6.45, 7) is 0.0110. The Bertz CT molecular complexity index is 1390. The van der Waals surface area contributed by atoms with E-state index in [-0.39, 0.29) is 24.9 Å². The Morgan fingerprint density at radius 1 is 1.26 bits per heavy atom. The van der Waals surface area contributed by atoms with E-state index in [4.69, 9.17) is 10.5 Å². The van der Waals surface area contributed by atoms with Crippen molar-refractivity contribution in [3.63, 3.8) is 0 Å². The number of carbonyl (C=O) groups excluding carboxylic acids is 2. The number of rotatable bonds is 6. The number of ether oxygens (including phenoxy) is 1. The van der Waals surface area contributed by atoms with Crippen LogP contribution in [0.15, 0.2) is 60.0 Å². The Hall–Kier alpha value is -4.15. The third-order valence-electron chi connectivity index (χ3n) is 5.31. The Balaban J connectivity index is 0.00000274. The highest BCUT2D eigenvalue weighted by Crippen LogP contribution is 2.34. The van der Waals surface area contributed by atoms with Crippen molar-refractivity contribution in [3.05, 3.63) is 66.0 Å². The highest BCUT2D eigenvalue weighted by Gasteiger charge is 2.23. The first-order valence-corrected chi connectivity index (χ1v) is 10.3. The number of aromatic nitrogens is 3. The van der Waals surface area contributed by atoms with E-state index in [9.17, 15) is 9.59 Å². The molecular formula is C23H22ClN7O3. The fraction of sp³-hybridized carbons (Fsp3) is 0.130. The molecule has 5 rings (SSSR count). The molecule has 2 amide bonds. The zero-order chi connectivity index (χ0) is 22.9. The molecule has 10 nitrogen and oxygen atoms in total. The Morgan fingerprint density at radius 2 is 2.06 bits per heavy atom. The molecule has 1 aliphatic rings. The van der Waals surface area contributed by atoms with E-state index in [1.54, 1.807) is 41.4 Å². The van der Waals surface area contributed by atoms with Crippen LogP contribution in [0.2, 0.25) is 0 Å². The summed E-state index contributed by atoms with van der Waals surface area (Å²) in [7, 11) is 1.83. The van der Waals surface area contributed by atoms with Crippen molar-refractivity contribution in [2.24, 2.45) is 17.9 Å². The van der Waals surface area contributed by atoms with Crippen molar-refractivity contribution < 1.29 is 14.3 Å². The predicted octanol–water partition coefficient (Wildman–Crippen LogP) is 2.41. The van der Waals surface area contributed by atoms with Crippen LogP contribution in [0.5, 0.6) is 5.75 Å². The van der Waals surface area contributed by atoms with Crippen LogP contribution in [0.25, 0.3) is 22.2 Å². The topological polar surface area (TPSA) is 139 Å². The molecule has 3 heterocycles. The smallest absolute Gasteiger partial charge is 0.272 e. The standard InChI is InChI=1S/C23H21N7O3.ClH/c1-30-11-13(9-26-30)21-17-10-25-29-22(31)16-7-14(8-19(28-21)20(16)17)27-23(32)18(24)12-33-15-5-3-2-4-6-15;/h2-11,18,28H,12,24H2,1H3,(H,27,32)(H,29,31);1H. The first-order valence-electron chi connectivity index (χ1n) is 10.3. The van der Waals surface area contributed by atoms with Crippen molar-refractivity contribution in [2.45, 2.75) is 6.04 Å². The molecule has 0 bridgehead atoms. The first kappa shape index (κ1) is 23.0. The molecule has 1 unspecified atom stereocenters. The Morgan fingerprint density at radius 3 is 2.79 bits per heavy atom. The van der Waals surface area contributed by atoms with Gasteiger partial charge in [0.05, 0.1) is 23.7 Å². The second kappa shape index (κ2) is 9.38. The predicted molar refractivity (Wildman–Crippen MR) is 131 cm³/mol. The summed E-state index contributed by atoms with van der Waals surface area (Å²) in [4.78, 5) is 28.7. The van der Waals surface area contributed by atoms with Gasteiger partial charge in [-0.2, -0.15) is 10.2 Å². The maximum Gasteiger partial charge on any atom is 0.272 e. The zero-order valence-corrected chi connectivity index (χ0v) is 18.9. The molecule has 0 saturated heterocycles. The SMILES string of the molecule is Cl.Cn1cc(-c2[nH]c3cc(NC(=O)C(N)COc4ccccc4)cc4c3c2C=NNC4=O)cn1. The van der Waals surface area contributed by atoms with Crippen LogP contribution >= 0.6 is 12.4 Å².